The van der Waals surface area contributed by atoms with Gasteiger partial charge < -0.3 is 5.73 Å². The maximum atomic E-state index is 12.4. The number of sulfonamides is 1. The molecular formula is C12H17N3O2S3. The molecule has 1 unspecified atom stereocenters. The quantitative estimate of drug-likeness (QED) is 0.880. The standard InChI is InChI=1S/C12H17N3O2S3/c1-7-12(19-9(3)14-7)8(2)15-20(16,17)11-4-5-18-10(11)6-13/h4-5,8,15H,6,13H2,1-3H3. The number of thiophene rings is 1. The van der Waals surface area contributed by atoms with Gasteiger partial charge in [0.25, 0.3) is 0 Å². The second kappa shape index (κ2) is 5.90. The second-order valence-corrected chi connectivity index (χ2v) is 8.36. The van der Waals surface area contributed by atoms with Gasteiger partial charge in [-0.2, -0.15) is 0 Å². The lowest BCUT2D eigenvalue weighted by Crippen LogP contribution is -2.27. The lowest BCUT2D eigenvalue weighted by Gasteiger charge is -2.13. The summed E-state index contributed by atoms with van der Waals surface area (Å²) in [5.41, 5.74) is 6.44. The number of rotatable bonds is 5. The van der Waals surface area contributed by atoms with Crippen LogP contribution in [0.15, 0.2) is 16.3 Å². The molecule has 110 valence electrons. The summed E-state index contributed by atoms with van der Waals surface area (Å²) in [6.07, 6.45) is 0. The summed E-state index contributed by atoms with van der Waals surface area (Å²) in [5.74, 6) is 0. The van der Waals surface area contributed by atoms with E-state index in [1.807, 2.05) is 20.8 Å². The first kappa shape index (κ1) is 15.6. The third-order valence-corrected chi connectivity index (χ3v) is 6.80. The predicted molar refractivity (Wildman–Crippen MR) is 82.5 cm³/mol. The highest BCUT2D eigenvalue weighted by Gasteiger charge is 2.24. The predicted octanol–water partition coefficient (Wildman–Crippen LogP) is 2.32. The first-order chi connectivity index (χ1) is 9.35. The molecule has 0 aromatic carbocycles. The molecule has 0 amide bonds. The molecule has 0 saturated carbocycles. The van der Waals surface area contributed by atoms with Crippen molar-refractivity contribution in [2.24, 2.45) is 5.73 Å². The van der Waals surface area contributed by atoms with Gasteiger partial charge in [0.2, 0.25) is 10.0 Å². The molecule has 5 nitrogen and oxygen atoms in total. The zero-order valence-electron chi connectivity index (χ0n) is 11.5. The van der Waals surface area contributed by atoms with Gasteiger partial charge in [-0.1, -0.05) is 0 Å². The average molecular weight is 331 g/mol. The lowest BCUT2D eigenvalue weighted by atomic mass is 10.2. The summed E-state index contributed by atoms with van der Waals surface area (Å²) in [6, 6.07) is 1.28. The normalized spacial score (nSPS) is 13.6. The van der Waals surface area contributed by atoms with Crippen molar-refractivity contribution in [1.29, 1.82) is 0 Å². The largest absolute Gasteiger partial charge is 0.326 e. The molecule has 1 atom stereocenters. The van der Waals surface area contributed by atoms with Crippen LogP contribution in [0.1, 0.15) is 33.4 Å². The number of aryl methyl sites for hydroxylation is 2. The van der Waals surface area contributed by atoms with E-state index < -0.39 is 10.0 Å². The number of nitrogens with zero attached hydrogens (tertiary/aromatic N) is 1. The fourth-order valence-electron chi connectivity index (χ4n) is 2.02. The topological polar surface area (TPSA) is 85.1 Å². The van der Waals surface area contributed by atoms with E-state index in [2.05, 4.69) is 9.71 Å². The van der Waals surface area contributed by atoms with Crippen LogP contribution in [0, 0.1) is 13.8 Å². The zero-order valence-corrected chi connectivity index (χ0v) is 14.0. The molecule has 8 heteroatoms. The number of nitrogens with one attached hydrogen (secondary N) is 1. The Balaban J connectivity index is 2.27. The Morgan fingerprint density at radius 1 is 1.45 bits per heavy atom. The van der Waals surface area contributed by atoms with E-state index in [9.17, 15) is 8.42 Å². The van der Waals surface area contributed by atoms with Gasteiger partial charge in [-0.05, 0) is 32.2 Å². The number of hydrogen-bond acceptors (Lipinski definition) is 6. The van der Waals surface area contributed by atoms with Crippen LogP contribution in [0.5, 0.6) is 0 Å². The maximum Gasteiger partial charge on any atom is 0.242 e. The summed E-state index contributed by atoms with van der Waals surface area (Å²) in [6.45, 7) is 5.85. The number of hydrogen-bond donors (Lipinski definition) is 2. The lowest BCUT2D eigenvalue weighted by molar-refractivity contribution is 0.567. The molecule has 0 bridgehead atoms. The van der Waals surface area contributed by atoms with Crippen LogP contribution in [-0.2, 0) is 16.6 Å². The third kappa shape index (κ3) is 3.09. The van der Waals surface area contributed by atoms with E-state index in [0.29, 0.717) is 4.88 Å². The molecule has 20 heavy (non-hydrogen) atoms. The van der Waals surface area contributed by atoms with Gasteiger partial charge in [0.1, 0.15) is 0 Å². The molecule has 2 aromatic rings. The number of aromatic nitrogens is 1. The van der Waals surface area contributed by atoms with Crippen LogP contribution in [0.2, 0.25) is 0 Å². The minimum Gasteiger partial charge on any atom is -0.326 e. The van der Waals surface area contributed by atoms with Crippen molar-refractivity contribution in [2.75, 3.05) is 0 Å². The molecule has 0 fully saturated rings. The summed E-state index contributed by atoms with van der Waals surface area (Å²) >= 11 is 2.86. The Morgan fingerprint density at radius 2 is 2.15 bits per heavy atom. The molecule has 0 spiro atoms. The minimum absolute atomic E-state index is 0.223. The Bertz CT molecular complexity index is 703. The average Bonchev–Trinajstić information content (AvgIpc) is 2.94. The highest BCUT2D eigenvalue weighted by molar-refractivity contribution is 7.89. The maximum absolute atomic E-state index is 12.4. The van der Waals surface area contributed by atoms with Crippen LogP contribution in [0.25, 0.3) is 0 Å². The van der Waals surface area contributed by atoms with Crippen molar-refractivity contribution in [3.8, 4) is 0 Å². The molecule has 0 radical (unpaired) electrons. The summed E-state index contributed by atoms with van der Waals surface area (Å²) in [4.78, 5) is 6.21. The van der Waals surface area contributed by atoms with Crippen LogP contribution in [0.4, 0.5) is 0 Å². The second-order valence-electron chi connectivity index (χ2n) is 4.44. The Kier molecular flexibility index (Phi) is 4.60. The number of thiazole rings is 1. The van der Waals surface area contributed by atoms with Crippen molar-refractivity contribution in [3.63, 3.8) is 0 Å². The van der Waals surface area contributed by atoms with Gasteiger partial charge in [0, 0.05) is 16.3 Å². The van der Waals surface area contributed by atoms with E-state index in [1.165, 1.54) is 22.7 Å². The summed E-state index contributed by atoms with van der Waals surface area (Å²) < 4.78 is 27.5. The van der Waals surface area contributed by atoms with Gasteiger partial charge in [0.05, 0.1) is 21.6 Å². The van der Waals surface area contributed by atoms with E-state index >= 15 is 0 Å². The highest BCUT2D eigenvalue weighted by Crippen LogP contribution is 2.27. The van der Waals surface area contributed by atoms with Crippen LogP contribution in [0.3, 0.4) is 0 Å². The van der Waals surface area contributed by atoms with Gasteiger partial charge in [-0.3, -0.25) is 0 Å². The van der Waals surface area contributed by atoms with E-state index in [1.54, 1.807) is 11.4 Å². The SMILES string of the molecule is Cc1nc(C)c(C(C)NS(=O)(=O)c2ccsc2CN)s1. The molecule has 2 aromatic heterocycles. The molecule has 0 saturated heterocycles. The van der Waals surface area contributed by atoms with E-state index in [-0.39, 0.29) is 17.5 Å². The van der Waals surface area contributed by atoms with Crippen molar-refractivity contribution in [1.82, 2.24) is 9.71 Å². The molecule has 0 aliphatic carbocycles. The minimum atomic E-state index is -3.56. The van der Waals surface area contributed by atoms with Gasteiger partial charge in [-0.15, -0.1) is 22.7 Å². The van der Waals surface area contributed by atoms with E-state index in [4.69, 9.17) is 5.73 Å². The fraction of sp³-hybridized carbons (Fsp3) is 0.417. The summed E-state index contributed by atoms with van der Waals surface area (Å²) in [5, 5.41) is 2.67. The highest BCUT2D eigenvalue weighted by atomic mass is 32.2. The molecule has 2 rings (SSSR count). The number of nitrogens with two attached hydrogens (primary N) is 1. The Morgan fingerprint density at radius 3 is 2.70 bits per heavy atom. The Labute approximate surface area is 126 Å². The van der Waals surface area contributed by atoms with Gasteiger partial charge in [0.15, 0.2) is 0 Å². The molecule has 3 N–H and O–H groups in total. The van der Waals surface area contributed by atoms with Gasteiger partial charge in [-0.25, -0.2) is 18.1 Å². The van der Waals surface area contributed by atoms with Gasteiger partial charge >= 0.3 is 0 Å². The van der Waals surface area contributed by atoms with Crippen molar-refractivity contribution in [2.45, 2.75) is 38.3 Å². The first-order valence-electron chi connectivity index (χ1n) is 6.08. The third-order valence-electron chi connectivity index (χ3n) is 2.84. The molecule has 0 aliphatic heterocycles. The Hall–Kier alpha value is -0.800. The zero-order chi connectivity index (χ0) is 14.9. The van der Waals surface area contributed by atoms with Crippen LogP contribution >= 0.6 is 22.7 Å². The van der Waals surface area contributed by atoms with Crippen molar-refractivity contribution in [3.05, 3.63) is 31.9 Å². The van der Waals surface area contributed by atoms with Crippen LogP contribution < -0.4 is 10.5 Å². The molecule has 2 heterocycles. The summed E-state index contributed by atoms with van der Waals surface area (Å²) in [7, 11) is -3.56. The van der Waals surface area contributed by atoms with Crippen LogP contribution in [-0.4, -0.2) is 13.4 Å². The smallest absolute Gasteiger partial charge is 0.242 e. The monoisotopic (exact) mass is 331 g/mol. The first-order valence-corrected chi connectivity index (χ1v) is 9.25. The van der Waals surface area contributed by atoms with Crippen molar-refractivity contribution >= 4 is 32.7 Å². The van der Waals surface area contributed by atoms with E-state index in [0.717, 1.165) is 15.6 Å². The molecular weight excluding hydrogens is 314 g/mol. The van der Waals surface area contributed by atoms with Crippen molar-refractivity contribution < 1.29 is 8.42 Å². The fourth-order valence-corrected chi connectivity index (χ4v) is 5.57. The molecule has 0 aliphatic rings.